The predicted molar refractivity (Wildman–Crippen MR) is 154 cm³/mol. The van der Waals surface area contributed by atoms with E-state index in [4.69, 9.17) is 9.72 Å². The highest BCUT2D eigenvalue weighted by Gasteiger charge is 2.34. The van der Waals surface area contributed by atoms with Crippen LogP contribution in [-0.2, 0) is 23.5 Å². The molecule has 1 saturated heterocycles. The van der Waals surface area contributed by atoms with E-state index in [0.29, 0.717) is 35.4 Å². The number of fused-ring (bicyclic) bond motifs is 1. The number of ether oxygens (including phenoxy) is 1. The second-order valence-corrected chi connectivity index (χ2v) is 11.5. The zero-order valence-corrected chi connectivity index (χ0v) is 24.8. The third-order valence-corrected chi connectivity index (χ3v) is 8.15. The molecule has 1 aromatic carbocycles. The summed E-state index contributed by atoms with van der Waals surface area (Å²) in [5.41, 5.74) is 0.975. The van der Waals surface area contributed by atoms with Crippen LogP contribution in [0.4, 0.5) is 0 Å². The first-order chi connectivity index (χ1) is 17.1. The second kappa shape index (κ2) is 13.7. The summed E-state index contributed by atoms with van der Waals surface area (Å²) in [5, 5.41) is 4.47. The largest absolute Gasteiger partial charge is 0.493 e. The molecule has 12 nitrogen and oxygen atoms in total. The zero-order chi connectivity index (χ0) is 26.1. The van der Waals surface area contributed by atoms with Gasteiger partial charge in [0.05, 0.1) is 28.4 Å². The highest BCUT2D eigenvalue weighted by atomic mass is 35.5. The Kier molecular flexibility index (Phi) is 12.1. The number of halogens is 1. The molecule has 39 heavy (non-hydrogen) atoms. The third kappa shape index (κ3) is 7.16. The van der Waals surface area contributed by atoms with Crippen LogP contribution in [0.15, 0.2) is 27.9 Å². The summed E-state index contributed by atoms with van der Waals surface area (Å²) < 4.78 is 37.2. The number of nitrogens with one attached hydrogen (secondary N) is 2. The Morgan fingerprint density at radius 3 is 2.41 bits per heavy atom. The summed E-state index contributed by atoms with van der Waals surface area (Å²) in [4.78, 5) is 22.8. The van der Waals surface area contributed by atoms with Crippen molar-refractivity contribution in [1.82, 2.24) is 29.4 Å². The van der Waals surface area contributed by atoms with Gasteiger partial charge in [0.25, 0.3) is 5.56 Å². The number of likely N-dealkylation sites (tertiary alicyclic amines) is 1. The van der Waals surface area contributed by atoms with Crippen LogP contribution in [0.5, 0.6) is 5.75 Å². The lowest BCUT2D eigenvalue weighted by atomic mass is 10.1. The Labute approximate surface area is 235 Å². The quantitative estimate of drug-likeness (QED) is 0.362. The van der Waals surface area contributed by atoms with E-state index in [1.165, 1.54) is 16.8 Å². The Morgan fingerprint density at radius 1 is 1.13 bits per heavy atom. The average molecular weight is 589 g/mol. The molecule has 0 radical (unpaired) electrons. The van der Waals surface area contributed by atoms with Gasteiger partial charge in [-0.2, -0.15) is 9.82 Å². The first-order valence-corrected chi connectivity index (χ1v) is 14.1. The Bertz CT molecular complexity index is 1420. The molecule has 2 aromatic heterocycles. The van der Waals surface area contributed by atoms with Gasteiger partial charge >= 0.3 is 0 Å². The lowest BCUT2D eigenvalue weighted by molar-refractivity contribution is 0.143. The standard InChI is InChI=1S/C25H36N6O4S.ClH.2H2O/c1-6-10-19-21-22(30(5)28-19)24(32)27-23(26-21)18-16-17(11-12-20(18)35-15-7-2)36(33,34)29-25(3,4)31-13-8-9-14-31;;;/h11-12,16,29H,6-10,13-15H2,1-5H3,(H,26,27,32);1H;2*1H2. The molecule has 6 N–H and O–H groups in total. The van der Waals surface area contributed by atoms with Gasteiger partial charge in [0, 0.05) is 7.05 Å². The number of rotatable bonds is 10. The number of aromatic nitrogens is 4. The van der Waals surface area contributed by atoms with Gasteiger partial charge in [-0.3, -0.25) is 14.4 Å². The van der Waals surface area contributed by atoms with E-state index in [1.54, 1.807) is 13.1 Å². The van der Waals surface area contributed by atoms with Gasteiger partial charge in [-0.05, 0) is 70.8 Å². The van der Waals surface area contributed by atoms with Crippen molar-refractivity contribution in [1.29, 1.82) is 0 Å². The van der Waals surface area contributed by atoms with Crippen LogP contribution in [0.1, 0.15) is 59.1 Å². The van der Waals surface area contributed by atoms with Crippen LogP contribution in [0, 0.1) is 0 Å². The van der Waals surface area contributed by atoms with E-state index >= 15 is 0 Å². The molecule has 14 heteroatoms. The number of H-pyrrole nitrogens is 1. The molecular formula is C25H41ClN6O6S. The average Bonchev–Trinajstić information content (AvgIpc) is 3.47. The Morgan fingerprint density at radius 2 is 1.79 bits per heavy atom. The Balaban J connectivity index is 0.00000253. The van der Waals surface area contributed by atoms with Crippen LogP contribution >= 0.6 is 12.4 Å². The SMILES string of the molecule is CCCOc1ccc(S(=O)(=O)NC(C)(C)N2CCCC2)cc1-c1nc2c(CCC)nn(C)c2c(=O)[nH]1.Cl.O.O. The molecule has 0 spiro atoms. The molecule has 0 aliphatic carbocycles. The van der Waals surface area contributed by atoms with Crippen LogP contribution in [0.25, 0.3) is 22.4 Å². The minimum Gasteiger partial charge on any atom is -0.493 e. The monoisotopic (exact) mass is 588 g/mol. The molecule has 4 rings (SSSR count). The zero-order valence-electron chi connectivity index (χ0n) is 23.1. The van der Waals surface area contributed by atoms with E-state index in [-0.39, 0.29) is 39.6 Å². The van der Waals surface area contributed by atoms with E-state index in [2.05, 4.69) is 19.7 Å². The van der Waals surface area contributed by atoms with Crippen molar-refractivity contribution in [2.45, 2.75) is 70.4 Å². The molecule has 0 atom stereocenters. The first-order valence-electron chi connectivity index (χ1n) is 12.6. The van der Waals surface area contributed by atoms with Gasteiger partial charge in [0.2, 0.25) is 10.0 Å². The molecule has 1 aliphatic rings. The van der Waals surface area contributed by atoms with Crippen molar-refractivity contribution in [2.24, 2.45) is 7.05 Å². The first kappa shape index (κ1) is 34.5. The molecule has 1 fully saturated rings. The molecule has 3 heterocycles. The van der Waals surface area contributed by atoms with Crippen LogP contribution in [0.2, 0.25) is 0 Å². The van der Waals surface area contributed by atoms with Crippen LogP contribution in [0.3, 0.4) is 0 Å². The van der Waals surface area contributed by atoms with E-state index < -0.39 is 15.7 Å². The van der Waals surface area contributed by atoms with Crippen LogP contribution < -0.4 is 15.0 Å². The molecule has 220 valence electrons. The predicted octanol–water partition coefficient (Wildman–Crippen LogP) is 1.95. The van der Waals surface area contributed by atoms with E-state index in [0.717, 1.165) is 44.5 Å². The summed E-state index contributed by atoms with van der Waals surface area (Å²) in [6, 6.07) is 4.68. The van der Waals surface area contributed by atoms with Gasteiger partial charge in [0.1, 0.15) is 17.1 Å². The van der Waals surface area contributed by atoms with Crippen molar-refractivity contribution in [3.63, 3.8) is 0 Å². The molecule has 0 amide bonds. The van der Waals surface area contributed by atoms with Crippen molar-refractivity contribution < 1.29 is 24.1 Å². The number of aromatic amines is 1. The summed E-state index contributed by atoms with van der Waals surface area (Å²) >= 11 is 0. The maximum atomic E-state index is 13.5. The van der Waals surface area contributed by atoms with Gasteiger partial charge in [-0.25, -0.2) is 13.4 Å². The fourth-order valence-corrected chi connectivity index (χ4v) is 6.13. The summed E-state index contributed by atoms with van der Waals surface area (Å²) in [6.45, 7) is 9.92. The number of nitrogens with zero attached hydrogens (tertiary/aromatic N) is 4. The number of hydrogen-bond donors (Lipinski definition) is 2. The van der Waals surface area contributed by atoms with Gasteiger partial charge in [-0.15, -0.1) is 12.4 Å². The highest BCUT2D eigenvalue weighted by molar-refractivity contribution is 7.89. The minimum atomic E-state index is -3.87. The molecule has 0 bridgehead atoms. The second-order valence-electron chi connectivity index (χ2n) is 9.80. The van der Waals surface area contributed by atoms with Gasteiger partial charge in [0.15, 0.2) is 5.52 Å². The smallest absolute Gasteiger partial charge is 0.277 e. The lowest BCUT2D eigenvalue weighted by Gasteiger charge is -2.35. The highest BCUT2D eigenvalue weighted by Crippen LogP contribution is 2.32. The maximum Gasteiger partial charge on any atom is 0.277 e. The van der Waals surface area contributed by atoms with Crippen molar-refractivity contribution in [3.8, 4) is 17.1 Å². The number of benzene rings is 1. The van der Waals surface area contributed by atoms with Gasteiger partial charge in [-0.1, -0.05) is 20.3 Å². The summed E-state index contributed by atoms with van der Waals surface area (Å²) in [5.74, 6) is 0.706. The molecule has 1 aliphatic heterocycles. The number of hydrogen-bond acceptors (Lipinski definition) is 7. The summed E-state index contributed by atoms with van der Waals surface area (Å²) in [6.07, 6.45) is 4.41. The summed E-state index contributed by atoms with van der Waals surface area (Å²) in [7, 11) is -2.15. The lowest BCUT2D eigenvalue weighted by Crippen LogP contribution is -2.55. The molecule has 0 saturated carbocycles. The number of aryl methyl sites for hydroxylation is 2. The molecular weight excluding hydrogens is 548 g/mol. The number of sulfonamides is 1. The van der Waals surface area contributed by atoms with Crippen molar-refractivity contribution in [3.05, 3.63) is 34.2 Å². The minimum absolute atomic E-state index is 0. The van der Waals surface area contributed by atoms with E-state index in [9.17, 15) is 13.2 Å². The maximum absolute atomic E-state index is 13.5. The Hall–Kier alpha value is -2.55. The fraction of sp³-hybridized carbons (Fsp3) is 0.560. The van der Waals surface area contributed by atoms with Crippen molar-refractivity contribution >= 4 is 33.5 Å². The molecule has 3 aromatic rings. The normalized spacial score (nSPS) is 14.0. The fourth-order valence-electron chi connectivity index (χ4n) is 4.71. The molecule has 0 unspecified atom stereocenters. The topological polar surface area (TPSA) is 185 Å². The van der Waals surface area contributed by atoms with Crippen LogP contribution in [-0.4, -0.2) is 69.4 Å². The van der Waals surface area contributed by atoms with E-state index in [1.807, 2.05) is 27.7 Å². The van der Waals surface area contributed by atoms with Gasteiger partial charge < -0.3 is 20.7 Å². The van der Waals surface area contributed by atoms with Crippen molar-refractivity contribution in [2.75, 3.05) is 19.7 Å². The third-order valence-electron chi connectivity index (χ3n) is 6.51.